The molecule has 3 saturated heterocycles. The van der Waals surface area contributed by atoms with E-state index in [1.54, 1.807) is 27.1 Å². The van der Waals surface area contributed by atoms with E-state index in [0.717, 1.165) is 25.7 Å². The van der Waals surface area contributed by atoms with Gasteiger partial charge in [0.05, 0.1) is 24.5 Å². The van der Waals surface area contributed by atoms with Crippen LogP contribution in [-0.4, -0.2) is 84.2 Å². The molecular weight excluding hydrogens is 574 g/mol. The molecule has 0 aromatic carbocycles. The van der Waals surface area contributed by atoms with Gasteiger partial charge in [-0.05, 0) is 62.5 Å². The highest BCUT2D eigenvalue weighted by molar-refractivity contribution is 6.07. The summed E-state index contributed by atoms with van der Waals surface area (Å²) in [6.07, 6.45) is 13.5. The predicted molar refractivity (Wildman–Crippen MR) is 171 cm³/mol. The summed E-state index contributed by atoms with van der Waals surface area (Å²) in [5.41, 5.74) is 3.61. The van der Waals surface area contributed by atoms with Crippen molar-refractivity contribution in [2.75, 3.05) is 20.7 Å². The van der Waals surface area contributed by atoms with E-state index in [-0.39, 0.29) is 24.7 Å². The number of amides is 2. The second-order valence-corrected chi connectivity index (χ2v) is 13.9. The van der Waals surface area contributed by atoms with E-state index in [9.17, 15) is 14.7 Å². The van der Waals surface area contributed by atoms with Crippen LogP contribution in [0, 0.1) is 17.8 Å². The van der Waals surface area contributed by atoms with Gasteiger partial charge in [0.25, 0.3) is 0 Å². The van der Waals surface area contributed by atoms with E-state index in [2.05, 4.69) is 50.4 Å². The van der Waals surface area contributed by atoms with Crippen LogP contribution in [-0.2, 0) is 23.7 Å². The minimum absolute atomic E-state index is 0.0797. The second-order valence-electron chi connectivity index (χ2n) is 13.9. The zero-order valence-corrected chi connectivity index (χ0v) is 27.9. The summed E-state index contributed by atoms with van der Waals surface area (Å²) in [6.45, 7) is 10.6. The Balaban J connectivity index is 1.53. The molecule has 2 bridgehead atoms. The number of rotatable bonds is 2. The Kier molecular flexibility index (Phi) is 10.1. The molecule has 45 heavy (non-hydrogen) atoms. The van der Waals surface area contributed by atoms with E-state index < -0.39 is 41.5 Å². The number of allylic oxidation sites excluding steroid dienone is 4. The van der Waals surface area contributed by atoms with Crippen molar-refractivity contribution < 1.29 is 33.6 Å². The van der Waals surface area contributed by atoms with Crippen molar-refractivity contribution in [3.8, 4) is 0 Å². The van der Waals surface area contributed by atoms with Gasteiger partial charge < -0.3 is 29.0 Å². The van der Waals surface area contributed by atoms with Crippen LogP contribution in [0.15, 0.2) is 52.2 Å². The van der Waals surface area contributed by atoms with Crippen molar-refractivity contribution in [3.05, 3.63) is 47.1 Å². The number of hydrogen-bond acceptors (Lipinski definition) is 8. The van der Waals surface area contributed by atoms with Crippen molar-refractivity contribution in [1.29, 1.82) is 0 Å². The maximum absolute atomic E-state index is 14.2. The molecule has 4 heterocycles. The molecule has 0 aromatic heterocycles. The molecule has 2 N–H and O–H groups in total. The number of hydrazone groups is 1. The fourth-order valence-corrected chi connectivity index (χ4v) is 7.44. The number of urea groups is 1. The van der Waals surface area contributed by atoms with Crippen LogP contribution in [0.2, 0.25) is 0 Å². The number of hydrogen-bond donors (Lipinski definition) is 2. The number of ether oxygens (including phenoxy) is 4. The van der Waals surface area contributed by atoms with Crippen LogP contribution in [0.5, 0.6) is 0 Å². The van der Waals surface area contributed by atoms with Crippen LogP contribution in [0.3, 0.4) is 0 Å². The van der Waals surface area contributed by atoms with E-state index in [4.69, 9.17) is 18.9 Å². The SMILES string of the molecule is CC[C@H]1O[C@]2(CC[C@@H]1C)C[C@@H]1C[C@@H](C/C=C(\C)C[C@@H](C)/C=C/C=C3\CO[C@@H]4/C(=N\NC(=O)N(C)C)C(C)=C[C@@H](C(=O)O1)[C@]34O)O2. The smallest absolute Gasteiger partial charge is 0.337 e. The fourth-order valence-electron chi connectivity index (χ4n) is 7.44. The minimum atomic E-state index is -1.74. The summed E-state index contributed by atoms with van der Waals surface area (Å²) < 4.78 is 25.9. The Labute approximate surface area is 267 Å². The van der Waals surface area contributed by atoms with Gasteiger partial charge in [0.1, 0.15) is 23.7 Å². The molecule has 248 valence electrons. The molecule has 0 aromatic rings. The summed E-state index contributed by atoms with van der Waals surface area (Å²) in [5.74, 6) is -1.68. The first-order valence-electron chi connectivity index (χ1n) is 16.5. The molecule has 5 rings (SSSR count). The molecule has 0 saturated carbocycles. The van der Waals surface area contributed by atoms with Gasteiger partial charge in [-0.2, -0.15) is 5.10 Å². The first-order valence-corrected chi connectivity index (χ1v) is 16.5. The number of nitrogens with one attached hydrogen (secondary N) is 1. The highest BCUT2D eigenvalue weighted by atomic mass is 16.7. The third kappa shape index (κ3) is 6.99. The topological polar surface area (TPSA) is 119 Å². The third-order valence-corrected chi connectivity index (χ3v) is 10.0. The molecule has 1 aliphatic carbocycles. The van der Waals surface area contributed by atoms with Gasteiger partial charge in [0.2, 0.25) is 0 Å². The molecule has 0 unspecified atom stereocenters. The summed E-state index contributed by atoms with van der Waals surface area (Å²) in [6, 6.07) is -0.413. The van der Waals surface area contributed by atoms with Crippen LogP contribution < -0.4 is 5.43 Å². The van der Waals surface area contributed by atoms with Crippen molar-refractivity contribution in [3.63, 3.8) is 0 Å². The molecule has 1 spiro atoms. The highest BCUT2D eigenvalue weighted by Gasteiger charge is 2.59. The van der Waals surface area contributed by atoms with Crippen LogP contribution in [0.4, 0.5) is 4.79 Å². The Morgan fingerprint density at radius 1 is 1.20 bits per heavy atom. The van der Waals surface area contributed by atoms with E-state index in [1.807, 2.05) is 12.2 Å². The number of carbonyl (C=O) groups excluding carboxylic acids is 2. The maximum Gasteiger partial charge on any atom is 0.337 e. The number of esters is 1. The standard InChI is InChI=1S/C35H51N3O7/c1-8-29-23(4)14-15-34(45-29)19-27-18-26(44-34)13-12-22(3)16-21(2)10-9-11-25-20-42-31-30(36-37-33(40)38(6)7)24(5)17-28(32(39)43-27)35(25,31)41/h9-12,17,21,23,26-29,31,41H,8,13-16,18-20H2,1-7H3,(H,37,40)/b10-9+,22-12+,25-11+,36-30-/t21-,23-,26+,27-,28-,29+,31+,34+,35+/m0/s1. The van der Waals surface area contributed by atoms with Crippen molar-refractivity contribution in [1.82, 2.24) is 10.3 Å². The van der Waals surface area contributed by atoms with Crippen LogP contribution in [0.25, 0.3) is 0 Å². The van der Waals surface area contributed by atoms with E-state index in [1.165, 1.54) is 10.5 Å². The predicted octanol–water partition coefficient (Wildman–Crippen LogP) is 5.19. The molecule has 0 radical (unpaired) electrons. The molecule has 10 nitrogen and oxygen atoms in total. The molecular formula is C35H51N3O7. The quantitative estimate of drug-likeness (QED) is 0.246. The lowest BCUT2D eigenvalue weighted by Gasteiger charge is -2.49. The van der Waals surface area contributed by atoms with E-state index >= 15 is 0 Å². The third-order valence-electron chi connectivity index (χ3n) is 10.0. The number of nitrogens with zero attached hydrogens (tertiary/aromatic N) is 2. The van der Waals surface area contributed by atoms with Crippen LogP contribution >= 0.6 is 0 Å². The van der Waals surface area contributed by atoms with Gasteiger partial charge in [-0.3, -0.25) is 4.79 Å². The zero-order chi connectivity index (χ0) is 32.5. The number of carbonyl (C=O) groups is 2. The molecule has 3 fully saturated rings. The lowest BCUT2D eigenvalue weighted by molar-refractivity contribution is -0.335. The fraction of sp³-hybridized carbons (Fsp3) is 0.686. The molecule has 9 atom stereocenters. The number of fused-ring (bicyclic) bond motifs is 2. The molecule has 4 aliphatic heterocycles. The van der Waals surface area contributed by atoms with Crippen molar-refractivity contribution in [2.45, 2.75) is 115 Å². The summed E-state index contributed by atoms with van der Waals surface area (Å²) in [4.78, 5) is 27.8. The lowest BCUT2D eigenvalue weighted by Crippen LogP contribution is -2.57. The average Bonchev–Trinajstić information content (AvgIpc) is 3.32. The van der Waals surface area contributed by atoms with Gasteiger partial charge in [0, 0.05) is 33.4 Å². The normalized spacial score (nSPS) is 42.8. The Hall–Kier alpha value is -2.79. The molecule has 2 amide bonds. The van der Waals surface area contributed by atoms with Gasteiger partial charge in [0.15, 0.2) is 5.79 Å². The highest BCUT2D eigenvalue weighted by Crippen LogP contribution is 2.46. The monoisotopic (exact) mass is 625 g/mol. The summed E-state index contributed by atoms with van der Waals surface area (Å²) in [7, 11) is 3.23. The summed E-state index contributed by atoms with van der Waals surface area (Å²) in [5, 5.41) is 16.8. The van der Waals surface area contributed by atoms with Crippen LogP contribution in [0.1, 0.15) is 79.6 Å². The van der Waals surface area contributed by atoms with Crippen molar-refractivity contribution >= 4 is 17.7 Å². The Morgan fingerprint density at radius 3 is 2.71 bits per heavy atom. The second kappa shape index (κ2) is 13.5. The van der Waals surface area contributed by atoms with Gasteiger partial charge in [-0.25, -0.2) is 10.2 Å². The molecule has 5 aliphatic rings. The summed E-state index contributed by atoms with van der Waals surface area (Å²) >= 11 is 0. The first kappa shape index (κ1) is 33.6. The van der Waals surface area contributed by atoms with Gasteiger partial charge in [-0.1, -0.05) is 56.7 Å². The van der Waals surface area contributed by atoms with Gasteiger partial charge >= 0.3 is 12.0 Å². The van der Waals surface area contributed by atoms with Crippen molar-refractivity contribution in [2.24, 2.45) is 22.9 Å². The minimum Gasteiger partial charge on any atom is -0.462 e. The maximum atomic E-state index is 14.2. The zero-order valence-electron chi connectivity index (χ0n) is 27.9. The van der Waals surface area contributed by atoms with E-state index in [0.29, 0.717) is 42.0 Å². The Morgan fingerprint density at radius 2 is 1.98 bits per heavy atom. The van der Waals surface area contributed by atoms with Gasteiger partial charge in [-0.15, -0.1) is 0 Å². The average molecular weight is 626 g/mol. The Bertz CT molecular complexity index is 1300. The number of aliphatic hydroxyl groups is 1. The largest absolute Gasteiger partial charge is 0.462 e. The first-order chi connectivity index (χ1) is 21.3. The lowest BCUT2D eigenvalue weighted by atomic mass is 9.71. The molecule has 10 heteroatoms.